The van der Waals surface area contributed by atoms with Crippen molar-refractivity contribution in [2.75, 3.05) is 0 Å². The minimum atomic E-state index is -0.350. The van der Waals surface area contributed by atoms with Crippen LogP contribution in [0.1, 0.15) is 79.0 Å². The monoisotopic (exact) mass is 1120 g/mol. The standard InChI is InChI=1S/C66H58N3O2.Pt/c1-64(2,3)47-31-32-57(51(38-47)44-21-14-11-15-22-44)69-58-25-18-24-49(60(58)68-63(69)54-39-48(65(4,5)6)40-55(61(54)70)66(7,8)9)46-35-52-50-23-16-17-26-59(50)71-62(52)53(36-46)56-37-45(33-34-67-56)43-29-27-42(28-30-43)41-19-12-10-13-20-41;/h10-35,37-40,70H,1-9H3;/q-1;. The number of benzene rings is 8. The van der Waals surface area contributed by atoms with Crippen molar-refractivity contribution in [3.8, 4) is 78.6 Å². The third-order valence-corrected chi connectivity index (χ3v) is 13.9. The number of hydrogen-bond donors (Lipinski definition) is 1. The van der Waals surface area contributed by atoms with Gasteiger partial charge in [-0.3, -0.25) is 9.55 Å². The summed E-state index contributed by atoms with van der Waals surface area (Å²) >= 11 is 0. The summed E-state index contributed by atoms with van der Waals surface area (Å²) < 4.78 is 8.99. The molecule has 0 spiro atoms. The van der Waals surface area contributed by atoms with Gasteiger partial charge in [0, 0.05) is 49.5 Å². The molecule has 6 heteroatoms. The second-order valence-corrected chi connectivity index (χ2v) is 22.0. The van der Waals surface area contributed by atoms with E-state index in [-0.39, 0.29) is 43.1 Å². The molecule has 0 saturated heterocycles. The Hall–Kier alpha value is -7.33. The summed E-state index contributed by atoms with van der Waals surface area (Å²) in [5, 5.41) is 14.6. The van der Waals surface area contributed by atoms with Gasteiger partial charge < -0.3 is 9.52 Å². The molecule has 360 valence electrons. The van der Waals surface area contributed by atoms with Crippen molar-refractivity contribution in [2.45, 2.75) is 78.6 Å². The van der Waals surface area contributed by atoms with Crippen molar-refractivity contribution in [3.63, 3.8) is 0 Å². The predicted molar refractivity (Wildman–Crippen MR) is 295 cm³/mol. The van der Waals surface area contributed by atoms with Crippen LogP contribution in [-0.2, 0) is 37.3 Å². The van der Waals surface area contributed by atoms with Crippen LogP contribution in [0.5, 0.6) is 5.75 Å². The normalized spacial score (nSPS) is 12.2. The SMILES string of the molecule is CC(C)(C)c1ccc(-n2c(-c3cc(C(C)(C)C)cc(C(C)(C)C)c3O)nc3c(-c4[c-]c(-c5cc(-c6ccc(-c7ccccc7)cc6)ccn5)c5oc6ccccc6c5c4)cccc32)c(-c2ccccc2)c1.[Pt]. The molecule has 3 aromatic heterocycles. The molecule has 0 saturated carbocycles. The summed E-state index contributed by atoms with van der Waals surface area (Å²) in [4.78, 5) is 10.7. The molecule has 0 bridgehead atoms. The van der Waals surface area contributed by atoms with Crippen molar-refractivity contribution < 1.29 is 30.6 Å². The molecule has 0 aliphatic rings. The zero-order valence-corrected chi connectivity index (χ0v) is 44.6. The third-order valence-electron chi connectivity index (χ3n) is 13.9. The van der Waals surface area contributed by atoms with Crippen molar-refractivity contribution >= 4 is 33.0 Å². The van der Waals surface area contributed by atoms with Gasteiger partial charge in [-0.25, -0.2) is 4.98 Å². The fourth-order valence-electron chi connectivity index (χ4n) is 9.92. The number of rotatable bonds is 7. The van der Waals surface area contributed by atoms with E-state index in [9.17, 15) is 5.11 Å². The number of phenolic OH excluding ortho intramolecular Hbond substituents is 1. The van der Waals surface area contributed by atoms with Gasteiger partial charge in [-0.15, -0.1) is 17.7 Å². The molecular weight excluding hydrogens is 1060 g/mol. The molecule has 8 aromatic carbocycles. The Morgan fingerprint density at radius 2 is 1.14 bits per heavy atom. The second-order valence-electron chi connectivity index (χ2n) is 22.0. The zero-order valence-electron chi connectivity index (χ0n) is 42.3. The van der Waals surface area contributed by atoms with Crippen LogP contribution < -0.4 is 0 Å². The van der Waals surface area contributed by atoms with E-state index in [1.807, 2.05) is 24.4 Å². The fourth-order valence-corrected chi connectivity index (χ4v) is 9.92. The minimum absolute atomic E-state index is 0. The number of aromatic nitrogens is 3. The molecule has 0 aliphatic carbocycles. The molecule has 11 rings (SSSR count). The Kier molecular flexibility index (Phi) is 12.3. The Balaban J connectivity index is 0.00000596. The topological polar surface area (TPSA) is 64.1 Å². The van der Waals surface area contributed by atoms with Gasteiger partial charge in [-0.05, 0) is 97.0 Å². The Labute approximate surface area is 437 Å². The number of hydrogen-bond acceptors (Lipinski definition) is 4. The number of furan rings is 1. The maximum absolute atomic E-state index is 12.6. The molecule has 0 amide bonds. The maximum Gasteiger partial charge on any atom is 0.148 e. The second kappa shape index (κ2) is 18.4. The first kappa shape index (κ1) is 48.3. The van der Waals surface area contributed by atoms with Crippen LogP contribution in [0.3, 0.4) is 0 Å². The number of phenols is 1. The van der Waals surface area contributed by atoms with Crippen LogP contribution in [0.2, 0.25) is 0 Å². The van der Waals surface area contributed by atoms with E-state index in [2.05, 4.69) is 231 Å². The van der Waals surface area contributed by atoms with Gasteiger partial charge in [-0.1, -0.05) is 207 Å². The van der Waals surface area contributed by atoms with Gasteiger partial charge in [0.25, 0.3) is 0 Å². The first-order valence-electron chi connectivity index (χ1n) is 24.6. The average Bonchev–Trinajstić information content (AvgIpc) is 3.94. The number of imidazole rings is 1. The molecule has 0 atom stereocenters. The van der Waals surface area contributed by atoms with Crippen LogP contribution in [-0.4, -0.2) is 19.6 Å². The molecular formula is C66H58N3O2Pt-. The Morgan fingerprint density at radius 1 is 0.514 bits per heavy atom. The fraction of sp³-hybridized carbons (Fsp3) is 0.182. The summed E-state index contributed by atoms with van der Waals surface area (Å²) in [5.74, 6) is 0.891. The molecule has 5 nitrogen and oxygen atoms in total. The molecule has 72 heavy (non-hydrogen) atoms. The predicted octanol–water partition coefficient (Wildman–Crippen LogP) is 17.7. The minimum Gasteiger partial charge on any atom is -0.507 e. The van der Waals surface area contributed by atoms with Gasteiger partial charge in [0.1, 0.15) is 17.2 Å². The summed E-state index contributed by atoms with van der Waals surface area (Å²) in [5.41, 5.74) is 17.4. The Morgan fingerprint density at radius 3 is 1.82 bits per heavy atom. The van der Waals surface area contributed by atoms with Crippen LogP contribution in [0.4, 0.5) is 0 Å². The summed E-state index contributed by atoms with van der Waals surface area (Å²) in [6.07, 6.45) is 1.87. The van der Waals surface area contributed by atoms with Crippen LogP contribution >= 0.6 is 0 Å². The van der Waals surface area contributed by atoms with E-state index in [1.54, 1.807) is 0 Å². The quantitative estimate of drug-likeness (QED) is 0.162. The van der Waals surface area contributed by atoms with Gasteiger partial charge in [0.15, 0.2) is 0 Å². The van der Waals surface area contributed by atoms with Crippen molar-refractivity contribution in [2.24, 2.45) is 0 Å². The van der Waals surface area contributed by atoms with E-state index in [0.29, 0.717) is 11.4 Å². The van der Waals surface area contributed by atoms with E-state index in [0.717, 1.165) is 94.4 Å². The van der Waals surface area contributed by atoms with Crippen molar-refractivity contribution in [1.82, 2.24) is 14.5 Å². The summed E-state index contributed by atoms with van der Waals surface area (Å²) in [6, 6.07) is 65.7. The molecule has 0 fully saturated rings. The van der Waals surface area contributed by atoms with Gasteiger partial charge in [0.2, 0.25) is 0 Å². The molecule has 0 unspecified atom stereocenters. The third kappa shape index (κ3) is 8.79. The number of para-hydroxylation sites is 2. The van der Waals surface area contributed by atoms with E-state index >= 15 is 0 Å². The van der Waals surface area contributed by atoms with Crippen molar-refractivity contribution in [1.29, 1.82) is 0 Å². The number of aromatic hydroxyl groups is 1. The first-order chi connectivity index (χ1) is 34.0. The Bertz CT molecular complexity index is 3810. The van der Waals surface area contributed by atoms with Gasteiger partial charge >= 0.3 is 0 Å². The largest absolute Gasteiger partial charge is 0.507 e. The van der Waals surface area contributed by atoms with Crippen LogP contribution in [0, 0.1) is 6.07 Å². The average molecular weight is 1120 g/mol. The molecule has 0 radical (unpaired) electrons. The smallest absolute Gasteiger partial charge is 0.148 e. The zero-order chi connectivity index (χ0) is 49.4. The maximum atomic E-state index is 12.6. The molecule has 0 aliphatic heterocycles. The molecule has 1 N–H and O–H groups in total. The van der Waals surface area contributed by atoms with E-state index < -0.39 is 0 Å². The van der Waals surface area contributed by atoms with Gasteiger partial charge in [0.05, 0.1) is 27.9 Å². The van der Waals surface area contributed by atoms with E-state index in [4.69, 9.17) is 14.4 Å². The van der Waals surface area contributed by atoms with E-state index in [1.165, 1.54) is 16.7 Å². The van der Waals surface area contributed by atoms with Crippen LogP contribution in [0.15, 0.2) is 187 Å². The van der Waals surface area contributed by atoms with Gasteiger partial charge in [-0.2, -0.15) is 0 Å². The summed E-state index contributed by atoms with van der Waals surface area (Å²) in [7, 11) is 0. The van der Waals surface area contributed by atoms with Crippen LogP contribution in [0.25, 0.3) is 106 Å². The molecule has 11 aromatic rings. The van der Waals surface area contributed by atoms with Crippen molar-refractivity contribution in [3.05, 3.63) is 205 Å². The number of nitrogens with zero attached hydrogens (tertiary/aromatic N) is 3. The number of pyridine rings is 1. The molecule has 3 heterocycles. The number of fused-ring (bicyclic) bond motifs is 4. The first-order valence-corrected chi connectivity index (χ1v) is 24.6. The summed E-state index contributed by atoms with van der Waals surface area (Å²) in [6.45, 7) is 19.9.